The first-order chi connectivity index (χ1) is 11.0. The molecular formula is C17H13Br3N2O. The first-order valence-corrected chi connectivity index (χ1v) is 9.40. The fourth-order valence-electron chi connectivity index (χ4n) is 2.46. The zero-order valence-electron chi connectivity index (χ0n) is 12.0. The SMILES string of the molecule is O=C(NCCc1c[nH]c2ccc(Br)cc12)c1cc(Br)cc(Br)c1. The second kappa shape index (κ2) is 7.20. The van der Waals surface area contributed by atoms with Gasteiger partial charge < -0.3 is 10.3 Å². The summed E-state index contributed by atoms with van der Waals surface area (Å²) >= 11 is 10.3. The number of halogens is 3. The molecule has 0 aliphatic heterocycles. The number of H-pyrrole nitrogens is 1. The number of carbonyl (C=O) groups is 1. The number of carbonyl (C=O) groups excluding carboxylic acids is 1. The normalized spacial score (nSPS) is 10.9. The van der Waals surface area contributed by atoms with Crippen LogP contribution in [0.4, 0.5) is 0 Å². The summed E-state index contributed by atoms with van der Waals surface area (Å²) in [6, 6.07) is 11.7. The van der Waals surface area contributed by atoms with Gasteiger partial charge in [-0.15, -0.1) is 0 Å². The molecule has 6 heteroatoms. The molecule has 0 bridgehead atoms. The highest BCUT2D eigenvalue weighted by Gasteiger charge is 2.08. The van der Waals surface area contributed by atoms with E-state index in [1.807, 2.05) is 36.5 Å². The number of benzene rings is 2. The minimum absolute atomic E-state index is 0.0759. The summed E-state index contributed by atoms with van der Waals surface area (Å²) in [4.78, 5) is 15.5. The van der Waals surface area contributed by atoms with Gasteiger partial charge in [0, 0.05) is 42.6 Å². The summed E-state index contributed by atoms with van der Waals surface area (Å²) in [5.41, 5.74) is 2.93. The lowest BCUT2D eigenvalue weighted by atomic mass is 10.1. The summed E-state index contributed by atoms with van der Waals surface area (Å²) in [6.45, 7) is 0.586. The van der Waals surface area contributed by atoms with Crippen molar-refractivity contribution in [2.75, 3.05) is 6.54 Å². The van der Waals surface area contributed by atoms with E-state index in [0.29, 0.717) is 12.1 Å². The number of aromatic amines is 1. The Morgan fingerprint density at radius 2 is 1.74 bits per heavy atom. The average molecular weight is 501 g/mol. The van der Waals surface area contributed by atoms with Crippen LogP contribution in [-0.2, 0) is 6.42 Å². The van der Waals surface area contributed by atoms with Gasteiger partial charge in [0.1, 0.15) is 0 Å². The lowest BCUT2D eigenvalue weighted by Gasteiger charge is -2.06. The number of amides is 1. The van der Waals surface area contributed by atoms with Gasteiger partial charge >= 0.3 is 0 Å². The maximum absolute atomic E-state index is 12.2. The van der Waals surface area contributed by atoms with Gasteiger partial charge in [-0.25, -0.2) is 0 Å². The summed E-state index contributed by atoms with van der Waals surface area (Å²) in [7, 11) is 0. The Labute approximate surface area is 159 Å². The number of nitrogens with one attached hydrogen (secondary N) is 2. The van der Waals surface area contributed by atoms with Crippen molar-refractivity contribution in [2.45, 2.75) is 6.42 Å². The van der Waals surface area contributed by atoms with Gasteiger partial charge in [-0.2, -0.15) is 0 Å². The second-order valence-electron chi connectivity index (χ2n) is 5.17. The molecule has 2 aromatic carbocycles. The molecule has 0 atom stereocenters. The molecule has 1 amide bonds. The van der Waals surface area contributed by atoms with Crippen LogP contribution in [0.15, 0.2) is 56.0 Å². The van der Waals surface area contributed by atoms with Crippen LogP contribution in [0, 0.1) is 0 Å². The van der Waals surface area contributed by atoms with Crippen molar-refractivity contribution in [3.63, 3.8) is 0 Å². The molecule has 1 heterocycles. The fourth-order valence-corrected chi connectivity index (χ4v) is 4.11. The molecule has 0 aliphatic carbocycles. The molecule has 118 valence electrons. The predicted octanol–water partition coefficient (Wildman–Crippen LogP) is 5.43. The highest BCUT2D eigenvalue weighted by atomic mass is 79.9. The van der Waals surface area contributed by atoms with Crippen molar-refractivity contribution in [1.82, 2.24) is 10.3 Å². The van der Waals surface area contributed by atoms with Gasteiger partial charge in [-0.05, 0) is 48.4 Å². The Morgan fingerprint density at radius 1 is 1.00 bits per heavy atom. The van der Waals surface area contributed by atoms with Crippen molar-refractivity contribution in [3.8, 4) is 0 Å². The van der Waals surface area contributed by atoms with Crippen molar-refractivity contribution in [2.24, 2.45) is 0 Å². The smallest absolute Gasteiger partial charge is 0.251 e. The van der Waals surface area contributed by atoms with E-state index < -0.39 is 0 Å². The molecule has 23 heavy (non-hydrogen) atoms. The van der Waals surface area contributed by atoms with Gasteiger partial charge in [0.25, 0.3) is 5.91 Å². The first-order valence-electron chi connectivity index (χ1n) is 7.03. The Hall–Kier alpha value is -1.11. The Bertz CT molecular complexity index is 853. The van der Waals surface area contributed by atoms with Crippen LogP contribution in [-0.4, -0.2) is 17.4 Å². The van der Waals surface area contributed by atoms with Crippen LogP contribution in [0.5, 0.6) is 0 Å². The van der Waals surface area contributed by atoms with Gasteiger partial charge in [0.05, 0.1) is 0 Å². The van der Waals surface area contributed by atoms with Crippen molar-refractivity contribution in [3.05, 3.63) is 67.1 Å². The van der Waals surface area contributed by atoms with Crippen LogP contribution < -0.4 is 5.32 Å². The number of rotatable bonds is 4. The van der Waals surface area contributed by atoms with Crippen molar-refractivity contribution in [1.29, 1.82) is 0 Å². The Kier molecular flexibility index (Phi) is 5.24. The lowest BCUT2D eigenvalue weighted by molar-refractivity contribution is 0.0954. The third-order valence-corrected chi connectivity index (χ3v) is 4.94. The highest BCUT2D eigenvalue weighted by molar-refractivity contribution is 9.11. The average Bonchev–Trinajstić information content (AvgIpc) is 2.88. The minimum Gasteiger partial charge on any atom is -0.361 e. The zero-order valence-corrected chi connectivity index (χ0v) is 16.8. The Balaban J connectivity index is 1.66. The number of aromatic nitrogens is 1. The monoisotopic (exact) mass is 498 g/mol. The molecule has 0 fully saturated rings. The van der Waals surface area contributed by atoms with Crippen LogP contribution in [0.3, 0.4) is 0 Å². The maximum Gasteiger partial charge on any atom is 0.251 e. The summed E-state index contributed by atoms with van der Waals surface area (Å²) in [5, 5.41) is 4.14. The third kappa shape index (κ3) is 4.05. The van der Waals surface area contributed by atoms with Crippen LogP contribution in [0.25, 0.3) is 10.9 Å². The summed E-state index contributed by atoms with van der Waals surface area (Å²) in [5.74, 6) is -0.0759. The van der Waals surface area contributed by atoms with E-state index in [9.17, 15) is 4.79 Å². The van der Waals surface area contributed by atoms with Gasteiger partial charge in [0.2, 0.25) is 0 Å². The standard InChI is InChI=1S/C17H13Br3N2O/c18-12-1-2-16-15(8-12)10(9-22-16)3-4-21-17(23)11-5-13(19)7-14(20)6-11/h1-2,5-9,22H,3-4H2,(H,21,23). The van der Waals surface area contributed by atoms with Gasteiger partial charge in [0.15, 0.2) is 0 Å². The molecule has 3 nitrogen and oxygen atoms in total. The minimum atomic E-state index is -0.0759. The first kappa shape index (κ1) is 16.7. The van der Waals surface area contributed by atoms with E-state index >= 15 is 0 Å². The van der Waals surface area contributed by atoms with E-state index in [1.165, 1.54) is 10.9 Å². The lowest BCUT2D eigenvalue weighted by Crippen LogP contribution is -2.25. The topological polar surface area (TPSA) is 44.9 Å². The zero-order chi connectivity index (χ0) is 16.4. The van der Waals surface area contributed by atoms with E-state index in [4.69, 9.17) is 0 Å². The van der Waals surface area contributed by atoms with Crippen LogP contribution in [0.1, 0.15) is 15.9 Å². The predicted molar refractivity (Wildman–Crippen MR) is 104 cm³/mol. The van der Waals surface area contributed by atoms with E-state index in [1.54, 1.807) is 0 Å². The third-order valence-electron chi connectivity index (χ3n) is 3.53. The molecule has 2 N–H and O–H groups in total. The van der Waals surface area contributed by atoms with Crippen molar-refractivity contribution >= 4 is 64.6 Å². The molecule has 0 saturated heterocycles. The number of fused-ring (bicyclic) bond motifs is 1. The summed E-state index contributed by atoms with van der Waals surface area (Å²) < 4.78 is 2.80. The molecule has 0 spiro atoms. The quantitative estimate of drug-likeness (QED) is 0.493. The van der Waals surface area contributed by atoms with E-state index in [2.05, 4.69) is 64.2 Å². The highest BCUT2D eigenvalue weighted by Crippen LogP contribution is 2.23. The molecular weight excluding hydrogens is 488 g/mol. The number of hydrogen-bond acceptors (Lipinski definition) is 1. The summed E-state index contributed by atoms with van der Waals surface area (Å²) in [6.07, 6.45) is 2.77. The maximum atomic E-state index is 12.2. The van der Waals surface area contributed by atoms with Gasteiger partial charge in [-0.1, -0.05) is 47.8 Å². The molecule has 3 aromatic rings. The molecule has 0 aliphatic rings. The van der Waals surface area contributed by atoms with Crippen molar-refractivity contribution < 1.29 is 4.79 Å². The molecule has 0 saturated carbocycles. The molecule has 0 radical (unpaired) electrons. The van der Waals surface area contributed by atoms with Crippen LogP contribution >= 0.6 is 47.8 Å². The fraction of sp³-hybridized carbons (Fsp3) is 0.118. The molecule has 0 unspecified atom stereocenters. The molecule has 3 rings (SSSR count). The Morgan fingerprint density at radius 3 is 2.48 bits per heavy atom. The molecule has 1 aromatic heterocycles. The van der Waals surface area contributed by atoms with E-state index in [0.717, 1.165) is 25.4 Å². The second-order valence-corrected chi connectivity index (χ2v) is 7.91. The van der Waals surface area contributed by atoms with Crippen LogP contribution in [0.2, 0.25) is 0 Å². The number of hydrogen-bond donors (Lipinski definition) is 2. The van der Waals surface area contributed by atoms with Gasteiger partial charge in [-0.3, -0.25) is 4.79 Å². The van der Waals surface area contributed by atoms with E-state index in [-0.39, 0.29) is 5.91 Å². The largest absolute Gasteiger partial charge is 0.361 e.